The number of hydrogen-bond donors (Lipinski definition) is 1. The van der Waals surface area contributed by atoms with Crippen LogP contribution < -0.4 is 9.47 Å². The van der Waals surface area contributed by atoms with Crippen molar-refractivity contribution in [3.05, 3.63) is 23.8 Å². The van der Waals surface area contributed by atoms with Crippen molar-refractivity contribution in [3.63, 3.8) is 0 Å². The molecule has 1 unspecified atom stereocenters. The highest BCUT2D eigenvalue weighted by atomic mass is 16.5. The van der Waals surface area contributed by atoms with Crippen molar-refractivity contribution in [1.29, 1.82) is 0 Å². The lowest BCUT2D eigenvalue weighted by Crippen LogP contribution is -2.19. The van der Waals surface area contributed by atoms with E-state index in [0.717, 1.165) is 35.0 Å². The molecule has 0 spiro atoms. The van der Waals surface area contributed by atoms with Crippen LogP contribution in [0.2, 0.25) is 0 Å². The molecule has 1 saturated heterocycles. The summed E-state index contributed by atoms with van der Waals surface area (Å²) < 4.78 is 11.4. The number of amides is 1. The molecule has 0 radical (unpaired) electrons. The van der Waals surface area contributed by atoms with Gasteiger partial charge in [0.1, 0.15) is 0 Å². The van der Waals surface area contributed by atoms with E-state index >= 15 is 0 Å². The summed E-state index contributed by atoms with van der Waals surface area (Å²) in [5.41, 5.74) is 1.01. The zero-order valence-corrected chi connectivity index (χ0v) is 12.2. The number of carbonyl (C=O) groups excluding carboxylic acids is 1. The van der Waals surface area contributed by atoms with Gasteiger partial charge in [0.05, 0.1) is 19.8 Å². The molecule has 1 amide bonds. The van der Waals surface area contributed by atoms with E-state index in [2.05, 4.69) is 0 Å². The first-order chi connectivity index (χ1) is 10.2. The summed E-state index contributed by atoms with van der Waals surface area (Å²) in [5.74, 6) is 1.25. The number of benzene rings is 1. The van der Waals surface area contributed by atoms with Crippen molar-refractivity contribution in [2.24, 2.45) is 0 Å². The molecule has 1 saturated carbocycles. The van der Waals surface area contributed by atoms with Crippen molar-refractivity contribution in [2.45, 2.75) is 44.1 Å². The SMILES string of the molecule is COc1ccc(C2CC(=O)N(O)C2)cc1OC1CCCC1. The van der Waals surface area contributed by atoms with Crippen LogP contribution in [0.1, 0.15) is 43.6 Å². The molecule has 114 valence electrons. The number of methoxy groups -OCH3 is 1. The summed E-state index contributed by atoms with van der Waals surface area (Å²) in [6.07, 6.45) is 5.19. The Morgan fingerprint density at radius 1 is 1.24 bits per heavy atom. The van der Waals surface area contributed by atoms with Crippen molar-refractivity contribution < 1.29 is 19.5 Å². The van der Waals surface area contributed by atoms with Gasteiger partial charge in [0.2, 0.25) is 5.91 Å². The lowest BCUT2D eigenvalue weighted by Gasteiger charge is -2.18. The fraction of sp³-hybridized carbons (Fsp3) is 0.562. The van der Waals surface area contributed by atoms with Crippen molar-refractivity contribution in [1.82, 2.24) is 5.06 Å². The second kappa shape index (κ2) is 5.93. The minimum Gasteiger partial charge on any atom is -0.493 e. The number of hydroxylamine groups is 2. The Morgan fingerprint density at radius 2 is 2.00 bits per heavy atom. The van der Waals surface area contributed by atoms with Gasteiger partial charge in [-0.05, 0) is 43.4 Å². The first kappa shape index (κ1) is 14.2. The highest BCUT2D eigenvalue weighted by molar-refractivity contribution is 5.78. The van der Waals surface area contributed by atoms with Crippen molar-refractivity contribution >= 4 is 5.91 Å². The second-order valence-corrected chi connectivity index (χ2v) is 5.81. The topological polar surface area (TPSA) is 59.0 Å². The molecule has 1 aliphatic carbocycles. The van der Waals surface area contributed by atoms with Gasteiger partial charge in [0.25, 0.3) is 0 Å². The lowest BCUT2D eigenvalue weighted by molar-refractivity contribution is -0.157. The van der Waals surface area contributed by atoms with Gasteiger partial charge in [0, 0.05) is 12.3 Å². The van der Waals surface area contributed by atoms with E-state index in [1.165, 1.54) is 12.8 Å². The van der Waals surface area contributed by atoms with E-state index in [4.69, 9.17) is 9.47 Å². The van der Waals surface area contributed by atoms with Gasteiger partial charge < -0.3 is 9.47 Å². The molecule has 1 N–H and O–H groups in total. The molecule has 2 aliphatic rings. The van der Waals surface area contributed by atoms with Crippen LogP contribution in [0.5, 0.6) is 11.5 Å². The van der Waals surface area contributed by atoms with Crippen LogP contribution in [0.25, 0.3) is 0 Å². The quantitative estimate of drug-likeness (QED) is 0.867. The summed E-state index contributed by atoms with van der Waals surface area (Å²) in [5, 5.41) is 10.3. The third-order valence-electron chi connectivity index (χ3n) is 4.36. The lowest BCUT2D eigenvalue weighted by atomic mass is 9.98. The second-order valence-electron chi connectivity index (χ2n) is 5.81. The summed E-state index contributed by atoms with van der Waals surface area (Å²) in [6, 6.07) is 5.77. The summed E-state index contributed by atoms with van der Waals surface area (Å²) in [4.78, 5) is 11.5. The molecule has 1 aromatic carbocycles. The van der Waals surface area contributed by atoms with E-state index < -0.39 is 0 Å². The Bertz CT molecular complexity index is 525. The molecule has 3 rings (SSSR count). The number of ether oxygens (including phenoxy) is 2. The summed E-state index contributed by atoms with van der Waals surface area (Å²) in [6.45, 7) is 0.341. The molecule has 2 fully saturated rings. The van der Waals surface area contributed by atoms with Gasteiger partial charge in [-0.2, -0.15) is 0 Å². The maximum absolute atomic E-state index is 11.5. The maximum Gasteiger partial charge on any atom is 0.246 e. The molecule has 1 atom stereocenters. The smallest absolute Gasteiger partial charge is 0.246 e. The molecule has 1 aliphatic heterocycles. The van der Waals surface area contributed by atoms with Crippen LogP contribution >= 0.6 is 0 Å². The predicted octanol–water partition coefficient (Wildman–Crippen LogP) is 2.72. The van der Waals surface area contributed by atoms with Crippen LogP contribution in [-0.2, 0) is 4.79 Å². The number of nitrogens with zero attached hydrogens (tertiary/aromatic N) is 1. The number of hydrogen-bond acceptors (Lipinski definition) is 4. The Hall–Kier alpha value is -1.75. The summed E-state index contributed by atoms with van der Waals surface area (Å²) in [7, 11) is 1.63. The van der Waals surface area contributed by atoms with E-state index in [-0.39, 0.29) is 17.9 Å². The molecule has 1 aromatic rings. The monoisotopic (exact) mass is 291 g/mol. The minimum atomic E-state index is -0.228. The molecule has 0 bridgehead atoms. The van der Waals surface area contributed by atoms with Crippen molar-refractivity contribution in [3.8, 4) is 11.5 Å². The number of carbonyl (C=O) groups is 1. The third kappa shape index (κ3) is 2.97. The number of rotatable bonds is 4. The van der Waals surface area contributed by atoms with Crippen LogP contribution in [0.3, 0.4) is 0 Å². The van der Waals surface area contributed by atoms with Crippen molar-refractivity contribution in [2.75, 3.05) is 13.7 Å². The Labute approximate surface area is 124 Å². The third-order valence-corrected chi connectivity index (χ3v) is 4.36. The van der Waals surface area contributed by atoms with E-state index in [1.54, 1.807) is 7.11 Å². The van der Waals surface area contributed by atoms with E-state index in [1.807, 2.05) is 18.2 Å². The standard InChI is InChI=1S/C16H21NO4/c1-20-14-7-6-11(12-9-16(18)17(19)10-12)8-15(14)21-13-4-2-3-5-13/h6-8,12-13,19H,2-5,9-10H2,1H3. The Kier molecular flexibility index (Phi) is 4.01. The zero-order valence-electron chi connectivity index (χ0n) is 12.2. The van der Waals surface area contributed by atoms with Gasteiger partial charge in [-0.3, -0.25) is 10.0 Å². The normalized spacial score (nSPS) is 22.9. The van der Waals surface area contributed by atoms with Gasteiger partial charge in [-0.1, -0.05) is 6.07 Å². The highest BCUT2D eigenvalue weighted by Gasteiger charge is 2.30. The van der Waals surface area contributed by atoms with Gasteiger partial charge in [-0.25, -0.2) is 5.06 Å². The van der Waals surface area contributed by atoms with Crippen LogP contribution in [0.4, 0.5) is 0 Å². The van der Waals surface area contributed by atoms with Crippen LogP contribution in [0, 0.1) is 0 Å². The molecule has 5 nitrogen and oxygen atoms in total. The average molecular weight is 291 g/mol. The van der Waals surface area contributed by atoms with Gasteiger partial charge >= 0.3 is 0 Å². The molecule has 5 heteroatoms. The Balaban J connectivity index is 1.80. The Morgan fingerprint density at radius 3 is 2.62 bits per heavy atom. The van der Waals surface area contributed by atoms with Gasteiger partial charge in [0.15, 0.2) is 11.5 Å². The van der Waals surface area contributed by atoms with E-state index in [0.29, 0.717) is 13.0 Å². The highest BCUT2D eigenvalue weighted by Crippen LogP contribution is 2.36. The average Bonchev–Trinajstić information content (AvgIpc) is 3.10. The zero-order chi connectivity index (χ0) is 14.8. The molecule has 0 aromatic heterocycles. The molecular weight excluding hydrogens is 270 g/mol. The fourth-order valence-corrected chi connectivity index (χ4v) is 3.14. The molecule has 21 heavy (non-hydrogen) atoms. The minimum absolute atomic E-state index is 0.0133. The summed E-state index contributed by atoms with van der Waals surface area (Å²) >= 11 is 0. The maximum atomic E-state index is 11.5. The first-order valence-electron chi connectivity index (χ1n) is 7.51. The largest absolute Gasteiger partial charge is 0.493 e. The first-order valence-corrected chi connectivity index (χ1v) is 7.51. The van der Waals surface area contributed by atoms with E-state index in [9.17, 15) is 10.0 Å². The predicted molar refractivity (Wildman–Crippen MR) is 76.7 cm³/mol. The van der Waals surface area contributed by atoms with Crippen LogP contribution in [-0.4, -0.2) is 35.9 Å². The van der Waals surface area contributed by atoms with Crippen LogP contribution in [0.15, 0.2) is 18.2 Å². The molecular formula is C16H21NO4. The van der Waals surface area contributed by atoms with Gasteiger partial charge in [-0.15, -0.1) is 0 Å². The fourth-order valence-electron chi connectivity index (χ4n) is 3.14. The molecule has 1 heterocycles.